The van der Waals surface area contributed by atoms with Gasteiger partial charge in [0.2, 0.25) is 0 Å². The number of nitrogens with one attached hydrogen (secondary N) is 2. The number of halogens is 1. The summed E-state index contributed by atoms with van der Waals surface area (Å²) in [5.74, 6) is -0.285. The largest absolute Gasteiger partial charge is 0.872 e. The molecule has 0 radical (unpaired) electrons. The SMILES string of the molecule is O=[N+]([O-])c1ccc([O-])c(CNC(=S)Nc2ccc(Cl)cc2)c1. The fourth-order valence-electron chi connectivity index (χ4n) is 1.70. The van der Waals surface area contributed by atoms with E-state index in [0.29, 0.717) is 10.1 Å². The zero-order chi connectivity index (χ0) is 16.1. The molecule has 0 amide bonds. The molecule has 0 saturated carbocycles. The molecule has 0 unspecified atom stereocenters. The summed E-state index contributed by atoms with van der Waals surface area (Å²) in [5.41, 5.74) is 0.880. The number of nitrogens with zero attached hydrogens (tertiary/aromatic N) is 1. The summed E-state index contributed by atoms with van der Waals surface area (Å²) >= 11 is 10.9. The maximum atomic E-state index is 11.7. The fourth-order valence-corrected chi connectivity index (χ4v) is 2.02. The van der Waals surface area contributed by atoms with E-state index < -0.39 is 4.92 Å². The molecule has 0 heterocycles. The highest BCUT2D eigenvalue weighted by atomic mass is 35.5. The highest BCUT2D eigenvalue weighted by Crippen LogP contribution is 2.20. The van der Waals surface area contributed by atoms with E-state index in [1.807, 2.05) is 0 Å². The van der Waals surface area contributed by atoms with Crippen molar-refractivity contribution >= 4 is 40.3 Å². The predicted octanol–water partition coefficient (Wildman–Crippen LogP) is 2.81. The zero-order valence-corrected chi connectivity index (χ0v) is 12.8. The Labute approximate surface area is 136 Å². The number of non-ortho nitro benzene ring substituents is 1. The molecule has 2 N–H and O–H groups in total. The molecule has 2 aromatic carbocycles. The maximum absolute atomic E-state index is 11.7. The second-order valence-electron chi connectivity index (χ2n) is 4.36. The van der Waals surface area contributed by atoms with Crippen LogP contribution in [0.25, 0.3) is 0 Å². The van der Waals surface area contributed by atoms with Crippen LogP contribution in [0.4, 0.5) is 11.4 Å². The molecule has 0 saturated heterocycles. The van der Waals surface area contributed by atoms with Crippen LogP contribution in [0.1, 0.15) is 5.56 Å². The van der Waals surface area contributed by atoms with Crippen LogP contribution in [-0.2, 0) is 6.54 Å². The molecule has 22 heavy (non-hydrogen) atoms. The molecule has 0 aliphatic heterocycles. The summed E-state index contributed by atoms with van der Waals surface area (Å²) in [4.78, 5) is 10.2. The molecule has 0 spiro atoms. The minimum Gasteiger partial charge on any atom is -0.872 e. The molecule has 0 bridgehead atoms. The number of thiocarbonyl (C=S) groups is 1. The van der Waals surface area contributed by atoms with E-state index >= 15 is 0 Å². The van der Waals surface area contributed by atoms with Crippen molar-refractivity contribution in [3.05, 3.63) is 63.2 Å². The minimum absolute atomic E-state index is 0.0972. The Bertz CT molecular complexity index is 707. The van der Waals surface area contributed by atoms with Gasteiger partial charge in [-0.2, -0.15) is 0 Å². The van der Waals surface area contributed by atoms with Crippen molar-refractivity contribution in [3.63, 3.8) is 0 Å². The third kappa shape index (κ3) is 4.31. The van der Waals surface area contributed by atoms with Crippen molar-refractivity contribution in [1.29, 1.82) is 0 Å². The topological polar surface area (TPSA) is 90.3 Å². The molecule has 2 aromatic rings. The summed E-state index contributed by atoms with van der Waals surface area (Å²) in [6.07, 6.45) is 0. The van der Waals surface area contributed by atoms with Gasteiger partial charge in [0.25, 0.3) is 5.69 Å². The lowest BCUT2D eigenvalue weighted by atomic mass is 10.2. The van der Waals surface area contributed by atoms with E-state index in [2.05, 4.69) is 10.6 Å². The Hall–Kier alpha value is -2.38. The molecule has 0 fully saturated rings. The monoisotopic (exact) mass is 336 g/mol. The van der Waals surface area contributed by atoms with Crippen molar-refractivity contribution in [2.45, 2.75) is 6.54 Å². The van der Waals surface area contributed by atoms with Gasteiger partial charge in [0.1, 0.15) is 0 Å². The third-order valence-electron chi connectivity index (χ3n) is 2.80. The first-order valence-corrected chi connectivity index (χ1v) is 6.99. The van der Waals surface area contributed by atoms with Crippen LogP contribution >= 0.6 is 23.8 Å². The Morgan fingerprint density at radius 1 is 1.23 bits per heavy atom. The number of hydrogen-bond acceptors (Lipinski definition) is 4. The molecule has 6 nitrogen and oxygen atoms in total. The second-order valence-corrected chi connectivity index (χ2v) is 5.21. The standard InChI is InChI=1S/C14H12ClN3O3S/c15-10-1-3-11(4-2-10)17-14(22)16-8-9-7-12(18(20)21)5-6-13(9)19/h1-7,19H,8H2,(H2,16,17,22)/p-1. The van der Waals surface area contributed by atoms with Gasteiger partial charge in [-0.15, -0.1) is 5.75 Å². The Balaban J connectivity index is 1.97. The first-order valence-electron chi connectivity index (χ1n) is 6.20. The molecular weight excluding hydrogens is 326 g/mol. The maximum Gasteiger partial charge on any atom is 0.269 e. The smallest absolute Gasteiger partial charge is 0.269 e. The van der Waals surface area contributed by atoms with Gasteiger partial charge in [0.05, 0.1) is 4.92 Å². The van der Waals surface area contributed by atoms with Crippen molar-refractivity contribution in [2.75, 3.05) is 5.32 Å². The Kier molecular flexibility index (Phi) is 5.13. The summed E-state index contributed by atoms with van der Waals surface area (Å²) in [6.45, 7) is 0.0972. The van der Waals surface area contributed by atoms with Crippen LogP contribution in [0.5, 0.6) is 5.75 Å². The fraction of sp³-hybridized carbons (Fsp3) is 0.0714. The highest BCUT2D eigenvalue weighted by Gasteiger charge is 2.07. The van der Waals surface area contributed by atoms with Crippen molar-refractivity contribution in [1.82, 2.24) is 5.32 Å². The molecule has 0 atom stereocenters. The lowest BCUT2D eigenvalue weighted by molar-refractivity contribution is -0.385. The number of nitro benzene ring substituents is 1. The van der Waals surface area contributed by atoms with Crippen LogP contribution in [0, 0.1) is 10.1 Å². The van der Waals surface area contributed by atoms with Crippen LogP contribution in [0.2, 0.25) is 5.02 Å². The molecule has 114 valence electrons. The highest BCUT2D eigenvalue weighted by molar-refractivity contribution is 7.80. The summed E-state index contributed by atoms with van der Waals surface area (Å²) in [5, 5.41) is 29.0. The number of benzene rings is 2. The van der Waals surface area contributed by atoms with Crippen molar-refractivity contribution in [3.8, 4) is 5.75 Å². The van der Waals surface area contributed by atoms with E-state index in [1.54, 1.807) is 24.3 Å². The molecule has 8 heteroatoms. The van der Waals surface area contributed by atoms with Crippen molar-refractivity contribution < 1.29 is 10.0 Å². The second kappa shape index (κ2) is 7.06. The van der Waals surface area contributed by atoms with Gasteiger partial charge < -0.3 is 15.7 Å². The van der Waals surface area contributed by atoms with E-state index in [0.717, 1.165) is 5.69 Å². The number of hydrogen-bond donors (Lipinski definition) is 2. The van der Waals surface area contributed by atoms with Gasteiger partial charge in [0.15, 0.2) is 5.11 Å². The van der Waals surface area contributed by atoms with Gasteiger partial charge in [-0.3, -0.25) is 10.1 Å². The molecule has 2 rings (SSSR count). The zero-order valence-electron chi connectivity index (χ0n) is 11.2. The Morgan fingerprint density at radius 2 is 1.91 bits per heavy atom. The average molecular weight is 337 g/mol. The lowest BCUT2D eigenvalue weighted by Crippen LogP contribution is -2.28. The van der Waals surface area contributed by atoms with E-state index in [-0.39, 0.29) is 23.5 Å². The summed E-state index contributed by atoms with van der Waals surface area (Å²) in [6, 6.07) is 10.5. The Morgan fingerprint density at radius 3 is 2.55 bits per heavy atom. The van der Waals surface area contributed by atoms with Gasteiger partial charge in [0, 0.05) is 29.4 Å². The predicted molar refractivity (Wildman–Crippen MR) is 87.1 cm³/mol. The van der Waals surface area contributed by atoms with Crippen molar-refractivity contribution in [2.24, 2.45) is 0 Å². The van der Waals surface area contributed by atoms with Crippen LogP contribution in [0.3, 0.4) is 0 Å². The van der Waals surface area contributed by atoms with Crippen LogP contribution in [0.15, 0.2) is 42.5 Å². The first-order chi connectivity index (χ1) is 10.5. The van der Waals surface area contributed by atoms with Gasteiger partial charge in [-0.05, 0) is 42.0 Å². The van der Waals surface area contributed by atoms with Gasteiger partial charge >= 0.3 is 0 Å². The average Bonchev–Trinajstić information content (AvgIpc) is 2.48. The first kappa shape index (κ1) is 16.0. The van der Waals surface area contributed by atoms with E-state index in [9.17, 15) is 15.2 Å². The third-order valence-corrected chi connectivity index (χ3v) is 3.29. The quantitative estimate of drug-likeness (QED) is 0.507. The van der Waals surface area contributed by atoms with E-state index in [4.69, 9.17) is 23.8 Å². The summed E-state index contributed by atoms with van der Waals surface area (Å²) in [7, 11) is 0. The molecule has 0 aromatic heterocycles. The van der Waals surface area contributed by atoms with Gasteiger partial charge in [-0.1, -0.05) is 17.7 Å². The molecule has 0 aliphatic rings. The molecular formula is C14H11ClN3O3S-. The minimum atomic E-state index is -0.548. The van der Waals surface area contributed by atoms with Crippen LogP contribution in [-0.4, -0.2) is 10.0 Å². The molecule has 0 aliphatic carbocycles. The number of nitro groups is 1. The normalized spacial score (nSPS) is 10.0. The number of anilines is 1. The summed E-state index contributed by atoms with van der Waals surface area (Å²) < 4.78 is 0. The van der Waals surface area contributed by atoms with Crippen LogP contribution < -0.4 is 15.7 Å². The van der Waals surface area contributed by atoms with Gasteiger partial charge in [-0.25, -0.2) is 0 Å². The number of rotatable bonds is 4. The van der Waals surface area contributed by atoms with E-state index in [1.165, 1.54) is 18.2 Å². The lowest BCUT2D eigenvalue weighted by Gasteiger charge is -2.15.